The van der Waals surface area contributed by atoms with Gasteiger partial charge >= 0.3 is 107 Å². The number of hydrogen-bond acceptors (Lipinski definition) is 24. The first kappa shape index (κ1) is 49.8. The van der Waals surface area contributed by atoms with E-state index in [4.69, 9.17) is 61.3 Å². The van der Waals surface area contributed by atoms with Gasteiger partial charge in [-0.2, -0.15) is 0 Å². The number of rotatable bonds is 8. The van der Waals surface area contributed by atoms with Crippen LogP contribution in [0.25, 0.3) is 0 Å². The van der Waals surface area contributed by atoms with Gasteiger partial charge in [-0.3, -0.25) is 0 Å². The average Bonchev–Trinajstić information content (AvgIpc) is 3.70. The Bertz CT molecular complexity index is 1140. The molecule has 0 unspecified atom stereocenters. The van der Waals surface area contributed by atoms with Gasteiger partial charge < -0.3 is 101 Å². The molecule has 26 heteroatoms. The van der Waals surface area contributed by atoms with Gasteiger partial charge in [-0.25, -0.2) is 19.2 Å². The molecule has 272 valence electrons. The van der Waals surface area contributed by atoms with Crippen molar-refractivity contribution in [3.63, 3.8) is 0 Å². The number of aliphatic hydroxyl groups excluding tert-OH is 12. The summed E-state index contributed by atoms with van der Waals surface area (Å²) in [5.41, 5.74) is 0. The summed E-state index contributed by atoms with van der Waals surface area (Å²) >= 11 is 0. The third-order valence-electron chi connectivity index (χ3n) is 5.82. The Morgan fingerprint density at radius 3 is 0.660 bits per heavy atom. The van der Waals surface area contributed by atoms with Gasteiger partial charge in [0.25, 0.3) is 0 Å². The molecular weight excluding hydrogens is 800 g/mol. The van der Waals surface area contributed by atoms with Crippen molar-refractivity contribution in [1.82, 2.24) is 0 Å². The van der Waals surface area contributed by atoms with Gasteiger partial charge in [-0.15, -0.1) is 0 Å². The summed E-state index contributed by atoms with van der Waals surface area (Å²) in [6, 6.07) is 0. The Hall–Kier alpha value is -2.34. The van der Waals surface area contributed by atoms with Crippen molar-refractivity contribution in [3.8, 4) is 0 Å². The number of cyclic esters (lactones) is 4. The summed E-state index contributed by atoms with van der Waals surface area (Å²) in [5, 5.41) is 147. The summed E-state index contributed by atoms with van der Waals surface area (Å²) in [5.74, 6) is -12.8. The van der Waals surface area contributed by atoms with Gasteiger partial charge in [-0.1, -0.05) is 0 Å². The van der Waals surface area contributed by atoms with Gasteiger partial charge in [-0.05, 0) is 23.0 Å². The van der Waals surface area contributed by atoms with Crippen LogP contribution in [0.1, 0.15) is 0 Å². The fourth-order valence-corrected chi connectivity index (χ4v) is 3.24. The predicted molar refractivity (Wildman–Crippen MR) is 142 cm³/mol. The molecule has 0 spiro atoms. The maximum absolute atomic E-state index is 10.8. The molecule has 0 aromatic rings. The van der Waals surface area contributed by atoms with Gasteiger partial charge in [0.15, 0.2) is 23.0 Å². The van der Waals surface area contributed by atoms with E-state index in [2.05, 4.69) is 18.9 Å². The first-order valence-electron chi connectivity index (χ1n) is 12.7. The normalized spacial score (nSPS) is 24.8. The van der Waals surface area contributed by atoms with Crippen LogP contribution in [0.15, 0.2) is 46.1 Å². The van der Waals surface area contributed by atoms with Crippen molar-refractivity contribution in [2.75, 3.05) is 26.4 Å². The van der Waals surface area contributed by atoms with E-state index in [1.54, 1.807) is 0 Å². The van der Waals surface area contributed by atoms with Crippen molar-refractivity contribution in [2.45, 2.75) is 48.8 Å². The minimum atomic E-state index is -1.48. The molecule has 12 N–H and O–H groups in total. The van der Waals surface area contributed by atoms with Crippen LogP contribution in [0.5, 0.6) is 0 Å². The smallest absolute Gasteiger partial charge is 0.870 e. The number of carbonyl (C=O) groups excluding carboxylic acids is 4. The maximum Gasteiger partial charge on any atom is 2.00 e. The van der Waals surface area contributed by atoms with Crippen molar-refractivity contribution in [2.24, 2.45) is 0 Å². The fourth-order valence-electron chi connectivity index (χ4n) is 3.24. The van der Waals surface area contributed by atoms with E-state index in [1.807, 2.05) is 0 Å². The van der Waals surface area contributed by atoms with Crippen LogP contribution in [0.3, 0.4) is 0 Å². The van der Waals surface area contributed by atoms with E-state index in [0.717, 1.165) is 0 Å². The van der Waals surface area contributed by atoms with E-state index < -0.39 is 145 Å². The van der Waals surface area contributed by atoms with Crippen LogP contribution in [-0.2, 0) is 38.1 Å². The van der Waals surface area contributed by atoms with E-state index >= 15 is 0 Å². The zero-order valence-corrected chi connectivity index (χ0v) is 30.8. The van der Waals surface area contributed by atoms with Crippen molar-refractivity contribution in [3.05, 3.63) is 46.1 Å². The molecule has 0 aromatic carbocycles. The predicted octanol–water partition coefficient (Wildman–Crippen LogP) is -11.2. The molecule has 0 bridgehead atoms. The van der Waals surface area contributed by atoms with Gasteiger partial charge in [0, 0.05) is 0 Å². The number of ether oxygens (including phenoxy) is 4. The van der Waals surface area contributed by atoms with Crippen molar-refractivity contribution >= 4 is 107 Å². The van der Waals surface area contributed by atoms with Gasteiger partial charge in [0.1, 0.15) is 48.8 Å². The number of aliphatic hydroxyl groups is 12. The molecule has 4 aliphatic heterocycles. The molecule has 4 aliphatic rings. The molecule has 0 saturated carbocycles. The van der Waals surface area contributed by atoms with Crippen LogP contribution in [-0.4, -0.2) is 244 Å². The summed E-state index contributed by atoms with van der Waals surface area (Å²) in [6.45, 7) is -2.85. The Morgan fingerprint density at radius 2 is 0.580 bits per heavy atom. The van der Waals surface area contributed by atoms with Crippen LogP contribution in [0, 0.1) is 0 Å². The van der Waals surface area contributed by atoms with E-state index in [1.165, 1.54) is 0 Å². The molecule has 0 amide bonds. The monoisotopic (exact) mass is 828 g/mol. The molecule has 0 radical (unpaired) electrons. The van der Waals surface area contributed by atoms with Crippen LogP contribution < -0.4 is 20.4 Å². The van der Waals surface area contributed by atoms with E-state index in [-0.39, 0.29) is 83.2 Å². The summed E-state index contributed by atoms with van der Waals surface area (Å²) < 4.78 is 17.0. The number of carbonyl (C=O) groups is 4. The minimum absolute atomic E-state index is 0. The Morgan fingerprint density at radius 1 is 0.440 bits per heavy atom. The summed E-state index contributed by atoms with van der Waals surface area (Å²) in [4.78, 5) is 42.0. The Balaban J connectivity index is 0. The van der Waals surface area contributed by atoms with E-state index in [0.29, 0.717) is 0 Å². The SMILES string of the molecule is O=C1O[C@H]([C@@H](O)CO)C([O-])=C1O.O=C1O[C@H]([C@@H](O)CO)C([O-])=C1O.O=C1O[C@H]([C@@H](O)CO)C([O-])=C1O.O=C1O[C@H]([C@@H](O)CO)C([O-])=C1O.[Ca+2].[Sr+2]. The van der Waals surface area contributed by atoms with Gasteiger partial charge in [0.2, 0.25) is 0 Å². The van der Waals surface area contributed by atoms with Crippen molar-refractivity contribution < 1.29 is 120 Å². The Kier molecular flexibility index (Phi) is 22.5. The second-order valence-corrected chi connectivity index (χ2v) is 9.15. The largest absolute Gasteiger partial charge is 2.00 e. The zero-order valence-electron chi connectivity index (χ0n) is 25.1. The molecule has 4 heterocycles. The quantitative estimate of drug-likeness (QED) is 0.0614. The minimum Gasteiger partial charge on any atom is -0.870 e. The molecule has 0 fully saturated rings. The number of esters is 4. The molecule has 0 saturated heterocycles. The first-order valence-corrected chi connectivity index (χ1v) is 12.7. The molecule has 0 aliphatic carbocycles. The van der Waals surface area contributed by atoms with E-state index in [9.17, 15) is 39.6 Å². The molecule has 4 rings (SSSR count). The molecule has 8 atom stereocenters. The maximum atomic E-state index is 10.8. The third-order valence-corrected chi connectivity index (χ3v) is 5.82. The third kappa shape index (κ3) is 12.4. The first-order chi connectivity index (χ1) is 22.3. The fraction of sp³-hybridized carbons (Fsp3) is 0.500. The van der Waals surface area contributed by atoms with Crippen LogP contribution in [0.4, 0.5) is 0 Å². The second-order valence-electron chi connectivity index (χ2n) is 9.15. The second kappa shape index (κ2) is 22.6. The Labute approximate surface area is 345 Å². The van der Waals surface area contributed by atoms with Crippen LogP contribution >= 0.6 is 0 Å². The average molecular weight is 828 g/mol. The van der Waals surface area contributed by atoms with Crippen LogP contribution in [0.2, 0.25) is 0 Å². The molecule has 24 nitrogen and oxygen atoms in total. The van der Waals surface area contributed by atoms with Crippen molar-refractivity contribution in [1.29, 1.82) is 0 Å². The summed E-state index contributed by atoms with van der Waals surface area (Å²) in [6.07, 6.45) is -11.8. The summed E-state index contributed by atoms with van der Waals surface area (Å²) in [7, 11) is 0. The number of hydrogen-bond donors (Lipinski definition) is 12. The zero-order chi connectivity index (χ0) is 37.2. The molecule has 50 heavy (non-hydrogen) atoms. The molecule has 0 aromatic heterocycles. The van der Waals surface area contributed by atoms with Gasteiger partial charge in [0.05, 0.1) is 26.4 Å². The standard InChI is InChI=1S/4C6H8O6.Ca.Sr/c4*7-1-2(8)5-3(9)4(10)6(11)12-5;;/h4*2,5,7-10H,1H2;;/q;;;;2*+2/p-4/t4*2-,5+;;/m0000../s1. The molecular formula is C24H28CaO24Sr. The topological polar surface area (TPSA) is 440 Å².